The van der Waals surface area contributed by atoms with Crippen LogP contribution in [0.5, 0.6) is 0 Å². The second-order valence-corrected chi connectivity index (χ2v) is 7.68. The first-order valence-corrected chi connectivity index (χ1v) is 8.42. The van der Waals surface area contributed by atoms with Crippen LogP contribution >= 0.6 is 22.9 Å². The van der Waals surface area contributed by atoms with Gasteiger partial charge in [0.05, 0.1) is 9.21 Å². The highest BCUT2D eigenvalue weighted by atomic mass is 35.5. The summed E-state index contributed by atoms with van der Waals surface area (Å²) in [6, 6.07) is 4.65. The molecule has 1 aromatic heterocycles. The number of carbonyl (C=O) groups excluding carboxylic acids is 1. The van der Waals surface area contributed by atoms with E-state index in [-0.39, 0.29) is 5.91 Å². The summed E-state index contributed by atoms with van der Waals surface area (Å²) in [7, 11) is 0. The minimum absolute atomic E-state index is 0.207. The van der Waals surface area contributed by atoms with Crippen molar-refractivity contribution in [3.8, 4) is 0 Å². The molecule has 1 aromatic rings. The molecule has 2 fully saturated rings. The molecule has 2 aliphatic rings. The van der Waals surface area contributed by atoms with Gasteiger partial charge in [-0.25, -0.2) is 0 Å². The molecular formula is C15H20ClNOS. The number of rotatable bonds is 3. The zero-order chi connectivity index (χ0) is 13.4. The second-order valence-electron chi connectivity index (χ2n) is 5.96. The highest BCUT2D eigenvalue weighted by Crippen LogP contribution is 2.37. The average molecular weight is 298 g/mol. The Labute approximate surface area is 123 Å². The van der Waals surface area contributed by atoms with Crippen LogP contribution in [0.15, 0.2) is 12.1 Å². The summed E-state index contributed by atoms with van der Waals surface area (Å²) < 4.78 is 0.705. The maximum Gasteiger partial charge on any atom is 0.264 e. The van der Waals surface area contributed by atoms with E-state index in [1.165, 1.54) is 49.9 Å². The maximum absolute atomic E-state index is 12.7. The van der Waals surface area contributed by atoms with Crippen molar-refractivity contribution in [2.75, 3.05) is 0 Å². The number of hydrogen-bond donors (Lipinski definition) is 0. The molecule has 19 heavy (non-hydrogen) atoms. The van der Waals surface area contributed by atoms with Crippen LogP contribution in [-0.2, 0) is 0 Å². The first-order valence-electron chi connectivity index (χ1n) is 7.23. The van der Waals surface area contributed by atoms with Crippen molar-refractivity contribution < 1.29 is 4.79 Å². The molecule has 2 nitrogen and oxygen atoms in total. The fourth-order valence-electron chi connectivity index (χ4n) is 3.06. The van der Waals surface area contributed by atoms with Crippen LogP contribution in [0.3, 0.4) is 0 Å². The van der Waals surface area contributed by atoms with Gasteiger partial charge in [0.15, 0.2) is 0 Å². The predicted molar refractivity (Wildman–Crippen MR) is 79.9 cm³/mol. The minimum atomic E-state index is 0.207. The Morgan fingerprint density at radius 1 is 1.16 bits per heavy atom. The Morgan fingerprint density at radius 2 is 1.74 bits per heavy atom. The molecule has 104 valence electrons. The van der Waals surface area contributed by atoms with Crippen molar-refractivity contribution in [2.45, 2.75) is 57.5 Å². The largest absolute Gasteiger partial charge is 0.332 e. The molecule has 0 atom stereocenters. The van der Waals surface area contributed by atoms with Gasteiger partial charge in [-0.15, -0.1) is 11.3 Å². The van der Waals surface area contributed by atoms with Crippen LogP contribution in [0.2, 0.25) is 4.34 Å². The molecule has 0 aromatic carbocycles. The lowest BCUT2D eigenvalue weighted by Crippen LogP contribution is -2.43. The number of thiophene rings is 1. The van der Waals surface area contributed by atoms with E-state index in [0.717, 1.165) is 10.8 Å². The van der Waals surface area contributed by atoms with Gasteiger partial charge in [0.25, 0.3) is 5.91 Å². The molecule has 0 bridgehead atoms. The number of carbonyl (C=O) groups is 1. The Balaban J connectivity index is 1.75. The van der Waals surface area contributed by atoms with Crippen molar-refractivity contribution in [1.29, 1.82) is 0 Å². The SMILES string of the molecule is CC1CCC(N(C(=O)c2ccc(Cl)s2)C2CC2)CC1. The maximum atomic E-state index is 12.7. The lowest BCUT2D eigenvalue weighted by molar-refractivity contribution is 0.0598. The zero-order valence-corrected chi connectivity index (χ0v) is 12.8. The Bertz CT molecular complexity index is 460. The highest BCUT2D eigenvalue weighted by Gasteiger charge is 2.39. The minimum Gasteiger partial charge on any atom is -0.332 e. The summed E-state index contributed by atoms with van der Waals surface area (Å²) in [4.78, 5) is 15.7. The van der Waals surface area contributed by atoms with Crippen molar-refractivity contribution in [3.05, 3.63) is 21.3 Å². The highest BCUT2D eigenvalue weighted by molar-refractivity contribution is 7.17. The molecule has 2 saturated carbocycles. The van der Waals surface area contributed by atoms with Crippen molar-refractivity contribution in [1.82, 2.24) is 4.90 Å². The molecule has 3 rings (SSSR count). The van der Waals surface area contributed by atoms with E-state index < -0.39 is 0 Å². The van der Waals surface area contributed by atoms with E-state index in [0.29, 0.717) is 16.4 Å². The zero-order valence-electron chi connectivity index (χ0n) is 11.3. The molecule has 0 saturated heterocycles. The number of hydrogen-bond acceptors (Lipinski definition) is 2. The number of nitrogens with zero attached hydrogens (tertiary/aromatic N) is 1. The van der Waals surface area contributed by atoms with Crippen molar-refractivity contribution in [2.24, 2.45) is 5.92 Å². The van der Waals surface area contributed by atoms with Gasteiger partial charge in [0.2, 0.25) is 0 Å². The van der Waals surface area contributed by atoms with Gasteiger partial charge in [0, 0.05) is 12.1 Å². The molecule has 2 aliphatic carbocycles. The van der Waals surface area contributed by atoms with Crippen molar-refractivity contribution >= 4 is 28.8 Å². The molecule has 0 aliphatic heterocycles. The van der Waals surface area contributed by atoms with E-state index >= 15 is 0 Å². The average Bonchev–Trinajstić information content (AvgIpc) is 3.13. The summed E-state index contributed by atoms with van der Waals surface area (Å²) in [6.45, 7) is 2.32. The van der Waals surface area contributed by atoms with E-state index in [9.17, 15) is 4.79 Å². The topological polar surface area (TPSA) is 20.3 Å². The van der Waals surface area contributed by atoms with E-state index in [1.807, 2.05) is 12.1 Å². The van der Waals surface area contributed by atoms with Gasteiger partial charge in [-0.3, -0.25) is 4.79 Å². The normalized spacial score (nSPS) is 27.3. The van der Waals surface area contributed by atoms with Gasteiger partial charge < -0.3 is 4.90 Å². The summed E-state index contributed by atoms with van der Waals surface area (Å²) in [5, 5.41) is 0. The second kappa shape index (κ2) is 5.45. The predicted octanol–water partition coefficient (Wildman–Crippen LogP) is 4.58. The van der Waals surface area contributed by atoms with Gasteiger partial charge in [-0.05, 0) is 56.6 Å². The summed E-state index contributed by atoms with van der Waals surface area (Å²) in [5.74, 6) is 1.03. The van der Waals surface area contributed by atoms with E-state index in [1.54, 1.807) is 0 Å². The third-order valence-corrected chi connectivity index (χ3v) is 5.56. The standard InChI is InChI=1S/C15H20ClNOS/c1-10-2-4-11(5-3-10)17(12-6-7-12)15(18)13-8-9-14(16)19-13/h8-12H,2-7H2,1H3. The molecule has 1 amide bonds. The van der Waals surface area contributed by atoms with Gasteiger partial charge in [0.1, 0.15) is 0 Å². The quantitative estimate of drug-likeness (QED) is 0.799. The van der Waals surface area contributed by atoms with Crippen LogP contribution in [0.25, 0.3) is 0 Å². The molecular weight excluding hydrogens is 278 g/mol. The Hall–Kier alpha value is -0.540. The molecule has 4 heteroatoms. The summed E-state index contributed by atoms with van der Waals surface area (Å²) in [6.07, 6.45) is 7.21. The van der Waals surface area contributed by atoms with E-state index in [2.05, 4.69) is 11.8 Å². The smallest absolute Gasteiger partial charge is 0.264 e. The lowest BCUT2D eigenvalue weighted by Gasteiger charge is -2.36. The fraction of sp³-hybridized carbons (Fsp3) is 0.667. The number of halogens is 1. The monoisotopic (exact) mass is 297 g/mol. The lowest BCUT2D eigenvalue weighted by atomic mass is 9.86. The van der Waals surface area contributed by atoms with Gasteiger partial charge >= 0.3 is 0 Å². The summed E-state index contributed by atoms with van der Waals surface area (Å²) >= 11 is 7.37. The first kappa shape index (κ1) is 13.4. The Kier molecular flexibility index (Phi) is 3.86. The van der Waals surface area contributed by atoms with Crippen LogP contribution < -0.4 is 0 Å². The first-order chi connectivity index (χ1) is 9.15. The molecule has 0 radical (unpaired) electrons. The molecule has 0 spiro atoms. The van der Waals surface area contributed by atoms with Crippen LogP contribution in [0.4, 0.5) is 0 Å². The van der Waals surface area contributed by atoms with Crippen LogP contribution in [0, 0.1) is 5.92 Å². The van der Waals surface area contributed by atoms with Crippen LogP contribution in [-0.4, -0.2) is 22.9 Å². The number of amides is 1. The molecule has 1 heterocycles. The molecule has 0 unspecified atom stereocenters. The third-order valence-electron chi connectivity index (χ3n) is 4.34. The van der Waals surface area contributed by atoms with E-state index in [4.69, 9.17) is 11.6 Å². The Morgan fingerprint density at radius 3 is 2.21 bits per heavy atom. The summed E-state index contributed by atoms with van der Waals surface area (Å²) in [5.41, 5.74) is 0. The third kappa shape index (κ3) is 2.97. The van der Waals surface area contributed by atoms with Gasteiger partial charge in [-0.2, -0.15) is 0 Å². The van der Waals surface area contributed by atoms with Gasteiger partial charge in [-0.1, -0.05) is 18.5 Å². The van der Waals surface area contributed by atoms with Crippen LogP contribution in [0.1, 0.15) is 55.1 Å². The van der Waals surface area contributed by atoms with Crippen molar-refractivity contribution in [3.63, 3.8) is 0 Å². The molecule has 0 N–H and O–H groups in total. The fourth-order valence-corrected chi connectivity index (χ4v) is 4.05.